The first-order chi connectivity index (χ1) is 21.8. The molecule has 0 heterocycles. The van der Waals surface area contributed by atoms with Gasteiger partial charge >= 0.3 is 5.97 Å². The molecule has 9 heteroatoms. The Hall–Kier alpha value is -4.28. The molecule has 45 heavy (non-hydrogen) atoms. The first-order valence-corrected chi connectivity index (χ1v) is 14.8. The van der Waals surface area contributed by atoms with Crippen LogP contribution >= 0.6 is 11.6 Å². The third-order valence-corrected chi connectivity index (χ3v) is 6.44. The van der Waals surface area contributed by atoms with Crippen molar-refractivity contribution in [3.8, 4) is 35.7 Å². The van der Waals surface area contributed by atoms with Gasteiger partial charge in [0, 0.05) is 36.6 Å². The summed E-state index contributed by atoms with van der Waals surface area (Å²) >= 11 is 6.11. The van der Waals surface area contributed by atoms with E-state index in [2.05, 4.69) is 23.1 Å². The molecule has 4 N–H and O–H groups in total. The van der Waals surface area contributed by atoms with Crippen molar-refractivity contribution in [2.24, 2.45) is 0 Å². The van der Waals surface area contributed by atoms with Gasteiger partial charge in [-0.2, -0.15) is 0 Å². The SMILES string of the molecule is C#CCCNCCO.Cc1cc(OCC=C(c2ccc(Cl)cc2)c2ccc(C#CCN(C)CCO)cc2)ccc1OCC(=O)O. The predicted molar refractivity (Wildman–Crippen MR) is 180 cm³/mol. The van der Waals surface area contributed by atoms with Crippen LogP contribution in [-0.2, 0) is 4.79 Å². The Morgan fingerprint density at radius 1 is 1.00 bits per heavy atom. The van der Waals surface area contributed by atoms with Gasteiger partial charge in [-0.05, 0) is 84.8 Å². The number of hydrogen-bond acceptors (Lipinski definition) is 7. The fraction of sp³-hybridized carbons (Fsp3) is 0.306. The van der Waals surface area contributed by atoms with Gasteiger partial charge in [-0.25, -0.2) is 4.79 Å². The average molecular weight is 633 g/mol. The van der Waals surface area contributed by atoms with Crippen LogP contribution in [0.1, 0.15) is 28.7 Å². The minimum absolute atomic E-state index is 0.114. The van der Waals surface area contributed by atoms with E-state index in [4.69, 9.17) is 42.8 Å². The summed E-state index contributed by atoms with van der Waals surface area (Å²) in [4.78, 5) is 12.7. The van der Waals surface area contributed by atoms with Crippen molar-refractivity contribution in [3.63, 3.8) is 0 Å². The Balaban J connectivity index is 0.000000777. The van der Waals surface area contributed by atoms with Crippen LogP contribution in [0.3, 0.4) is 0 Å². The molecule has 0 saturated carbocycles. The van der Waals surface area contributed by atoms with Crippen LogP contribution in [0.4, 0.5) is 0 Å². The van der Waals surface area contributed by atoms with E-state index in [-0.39, 0.29) is 19.8 Å². The van der Waals surface area contributed by atoms with Crippen LogP contribution in [0.15, 0.2) is 72.8 Å². The third-order valence-electron chi connectivity index (χ3n) is 6.18. The van der Waals surface area contributed by atoms with Crippen molar-refractivity contribution >= 4 is 23.1 Å². The lowest BCUT2D eigenvalue weighted by Gasteiger charge is -2.12. The second-order valence-electron chi connectivity index (χ2n) is 9.81. The third kappa shape index (κ3) is 14.8. The second-order valence-corrected chi connectivity index (χ2v) is 10.3. The molecule has 0 aromatic heterocycles. The number of carboxylic acids is 1. The molecule has 0 aliphatic heterocycles. The van der Waals surface area contributed by atoms with Crippen LogP contribution in [-0.4, -0.2) is 85.8 Å². The summed E-state index contributed by atoms with van der Waals surface area (Å²) < 4.78 is 11.2. The van der Waals surface area contributed by atoms with Crippen LogP contribution in [0, 0.1) is 31.1 Å². The van der Waals surface area contributed by atoms with Gasteiger partial charge in [0.2, 0.25) is 0 Å². The topological polar surface area (TPSA) is 111 Å². The summed E-state index contributed by atoms with van der Waals surface area (Å²) in [6, 6.07) is 21.0. The van der Waals surface area contributed by atoms with Crippen LogP contribution < -0.4 is 14.8 Å². The molecule has 0 atom stereocenters. The van der Waals surface area contributed by atoms with Gasteiger partial charge in [-0.15, -0.1) is 12.3 Å². The maximum atomic E-state index is 10.7. The molecule has 0 radical (unpaired) electrons. The number of benzene rings is 3. The fourth-order valence-corrected chi connectivity index (χ4v) is 4.02. The highest BCUT2D eigenvalue weighted by molar-refractivity contribution is 6.30. The Morgan fingerprint density at radius 3 is 2.29 bits per heavy atom. The van der Waals surface area contributed by atoms with E-state index in [1.165, 1.54) is 0 Å². The number of aryl methyl sites for hydroxylation is 1. The molecule has 238 valence electrons. The molecule has 3 aromatic rings. The summed E-state index contributed by atoms with van der Waals surface area (Å²) in [6.45, 7) is 4.69. The molecule has 0 aliphatic carbocycles. The number of aliphatic hydroxyl groups excluding tert-OH is 2. The largest absolute Gasteiger partial charge is 0.489 e. The van der Waals surface area contributed by atoms with Gasteiger partial charge in [0.15, 0.2) is 6.61 Å². The van der Waals surface area contributed by atoms with Gasteiger partial charge in [0.1, 0.15) is 18.1 Å². The number of aliphatic hydroxyl groups is 2. The van der Waals surface area contributed by atoms with E-state index < -0.39 is 5.97 Å². The molecule has 0 amide bonds. The smallest absolute Gasteiger partial charge is 0.341 e. The normalized spacial score (nSPS) is 10.6. The molecule has 8 nitrogen and oxygen atoms in total. The zero-order chi connectivity index (χ0) is 32.9. The van der Waals surface area contributed by atoms with Gasteiger partial charge in [-0.3, -0.25) is 4.90 Å². The summed E-state index contributed by atoms with van der Waals surface area (Å²) in [6.07, 6.45) is 7.71. The summed E-state index contributed by atoms with van der Waals surface area (Å²) in [5, 5.41) is 29.7. The van der Waals surface area contributed by atoms with Gasteiger partial charge in [-0.1, -0.05) is 47.7 Å². The maximum absolute atomic E-state index is 10.7. The van der Waals surface area contributed by atoms with E-state index in [1.54, 1.807) is 12.1 Å². The monoisotopic (exact) mass is 632 g/mol. The molecule has 3 rings (SSSR count). The van der Waals surface area contributed by atoms with Crippen molar-refractivity contribution in [1.82, 2.24) is 10.2 Å². The second kappa shape index (κ2) is 21.4. The highest BCUT2D eigenvalue weighted by Gasteiger charge is 2.08. The molecule has 0 spiro atoms. The molecule has 0 unspecified atom stereocenters. The number of ether oxygens (including phenoxy) is 2. The number of nitrogens with one attached hydrogen (secondary N) is 1. The number of rotatable bonds is 15. The van der Waals surface area contributed by atoms with Crippen molar-refractivity contribution in [1.29, 1.82) is 0 Å². The molecule has 3 aromatic carbocycles. The zero-order valence-electron chi connectivity index (χ0n) is 25.8. The standard InChI is InChI=1S/C30H30ClNO5.C6H11NO/c1-22-20-27(13-14-29(22)37-21-30(34)35)36-19-15-28(25-9-11-26(31)12-10-25)24-7-5-23(6-8-24)4-3-16-32(2)17-18-33;1-2-3-4-7-5-6-8/h5-15,20,33H,16-19,21H2,1-2H3,(H,34,35);1,7-8H,3-6H2. The van der Waals surface area contributed by atoms with Gasteiger partial charge < -0.3 is 30.1 Å². The molecule has 0 aliphatic rings. The van der Waals surface area contributed by atoms with Gasteiger partial charge in [0.25, 0.3) is 0 Å². The van der Waals surface area contributed by atoms with Crippen molar-refractivity contribution < 1.29 is 29.6 Å². The zero-order valence-corrected chi connectivity index (χ0v) is 26.5. The van der Waals surface area contributed by atoms with E-state index in [9.17, 15) is 4.79 Å². The summed E-state index contributed by atoms with van der Waals surface area (Å²) in [5.74, 6) is 8.91. The van der Waals surface area contributed by atoms with E-state index in [0.29, 0.717) is 42.8 Å². The maximum Gasteiger partial charge on any atom is 0.341 e. The van der Waals surface area contributed by atoms with Crippen LogP contribution in [0.5, 0.6) is 11.5 Å². The van der Waals surface area contributed by atoms with E-state index >= 15 is 0 Å². The van der Waals surface area contributed by atoms with Crippen LogP contribution in [0.2, 0.25) is 5.02 Å². The lowest BCUT2D eigenvalue weighted by atomic mass is 9.97. The first-order valence-electron chi connectivity index (χ1n) is 14.4. The van der Waals surface area contributed by atoms with Crippen molar-refractivity contribution in [2.75, 3.05) is 59.7 Å². The fourth-order valence-electron chi connectivity index (χ4n) is 3.89. The number of terminal acetylenes is 1. The van der Waals surface area contributed by atoms with E-state index in [1.807, 2.05) is 79.5 Å². The summed E-state index contributed by atoms with van der Waals surface area (Å²) in [7, 11) is 1.92. The Labute approximate surface area is 271 Å². The lowest BCUT2D eigenvalue weighted by Crippen LogP contribution is -2.22. The highest BCUT2D eigenvalue weighted by Crippen LogP contribution is 2.27. The number of likely N-dealkylation sites (N-methyl/N-ethyl adjacent to an activating group) is 1. The number of aliphatic carboxylic acids is 1. The molecule has 0 saturated heterocycles. The predicted octanol–water partition coefficient (Wildman–Crippen LogP) is 4.49. The highest BCUT2D eigenvalue weighted by atomic mass is 35.5. The Morgan fingerprint density at radius 2 is 1.69 bits per heavy atom. The average Bonchev–Trinajstić information content (AvgIpc) is 3.02. The lowest BCUT2D eigenvalue weighted by molar-refractivity contribution is -0.139. The molecular weight excluding hydrogens is 592 g/mol. The Kier molecular flexibility index (Phi) is 17.6. The number of nitrogens with zero attached hydrogens (tertiary/aromatic N) is 1. The Bertz CT molecular complexity index is 1450. The quantitative estimate of drug-likeness (QED) is 0.143. The molecular formula is C36H41ClN2O6. The molecule has 0 bridgehead atoms. The van der Waals surface area contributed by atoms with Crippen molar-refractivity contribution in [2.45, 2.75) is 13.3 Å². The first kappa shape index (κ1) is 36.9. The minimum Gasteiger partial charge on any atom is -0.489 e. The van der Waals surface area contributed by atoms with Crippen LogP contribution in [0.25, 0.3) is 5.57 Å². The molecule has 0 fully saturated rings. The van der Waals surface area contributed by atoms with Crippen molar-refractivity contribution in [3.05, 3.63) is 100 Å². The number of carboxylic acid groups (broad SMARTS) is 1. The van der Waals surface area contributed by atoms with E-state index in [0.717, 1.165) is 40.8 Å². The van der Waals surface area contributed by atoms with Gasteiger partial charge in [0.05, 0.1) is 19.8 Å². The number of halogens is 1. The summed E-state index contributed by atoms with van der Waals surface area (Å²) in [5.41, 5.74) is 4.72. The number of carbonyl (C=O) groups is 1. The number of hydrogen-bond donors (Lipinski definition) is 4. The minimum atomic E-state index is -1.02.